The molecule has 0 saturated carbocycles. The van der Waals surface area contributed by atoms with Crippen LogP contribution in [0.2, 0.25) is 0 Å². The van der Waals surface area contributed by atoms with Crippen molar-refractivity contribution >= 4 is 5.91 Å². The van der Waals surface area contributed by atoms with Crippen molar-refractivity contribution in [3.8, 4) is 0 Å². The molecule has 3 rings (SSSR count). The molecule has 25 heavy (non-hydrogen) atoms. The van der Waals surface area contributed by atoms with E-state index in [1.165, 1.54) is 11.1 Å². The second-order valence-electron chi connectivity index (χ2n) is 6.89. The van der Waals surface area contributed by atoms with E-state index in [9.17, 15) is 4.79 Å². The van der Waals surface area contributed by atoms with Crippen LogP contribution >= 0.6 is 0 Å². The lowest BCUT2D eigenvalue weighted by molar-refractivity contribution is -0.130. The van der Waals surface area contributed by atoms with E-state index in [2.05, 4.69) is 48.3 Å². The lowest BCUT2D eigenvalue weighted by Crippen LogP contribution is -2.28. The number of hydrogen-bond donors (Lipinski definition) is 0. The summed E-state index contributed by atoms with van der Waals surface area (Å²) in [4.78, 5) is 18.8. The van der Waals surface area contributed by atoms with Crippen LogP contribution in [0.1, 0.15) is 61.4 Å². The van der Waals surface area contributed by atoms with Crippen molar-refractivity contribution in [1.82, 2.24) is 15.0 Å². The third kappa shape index (κ3) is 4.47. The number of carbonyl (C=O) groups is 1. The molecule has 1 amide bonds. The number of aromatic nitrogens is 2. The number of rotatable bonds is 7. The molecule has 1 aliphatic rings. The molecule has 2 aromatic rings. The van der Waals surface area contributed by atoms with Crippen LogP contribution in [0.5, 0.6) is 0 Å². The Morgan fingerprint density at radius 2 is 2.16 bits per heavy atom. The normalized spacial score (nSPS) is 17.2. The molecule has 0 aliphatic carbocycles. The number of hydrogen-bond acceptors (Lipinski definition) is 4. The van der Waals surface area contributed by atoms with Crippen molar-refractivity contribution in [3.63, 3.8) is 0 Å². The van der Waals surface area contributed by atoms with Gasteiger partial charge in [-0.15, -0.1) is 0 Å². The largest absolute Gasteiger partial charge is 0.342 e. The van der Waals surface area contributed by atoms with Gasteiger partial charge in [-0.1, -0.05) is 36.3 Å². The number of nitrogens with zero attached hydrogens (tertiary/aromatic N) is 3. The summed E-state index contributed by atoms with van der Waals surface area (Å²) in [7, 11) is 0. The molecule has 1 unspecified atom stereocenters. The molecule has 2 heterocycles. The summed E-state index contributed by atoms with van der Waals surface area (Å²) in [6.07, 6.45) is 4.90. The first-order valence-corrected chi connectivity index (χ1v) is 9.32. The SMILES string of the molecule is CCCc1noc(CCCC(=O)N2CCC(c3ccccc3C)C2)n1. The zero-order valence-corrected chi connectivity index (χ0v) is 15.2. The van der Waals surface area contributed by atoms with Crippen LogP contribution in [0.4, 0.5) is 0 Å². The van der Waals surface area contributed by atoms with Gasteiger partial charge in [0.05, 0.1) is 0 Å². The van der Waals surface area contributed by atoms with Crippen molar-refractivity contribution in [2.75, 3.05) is 13.1 Å². The summed E-state index contributed by atoms with van der Waals surface area (Å²) in [6.45, 7) is 5.94. The Morgan fingerprint density at radius 3 is 2.96 bits per heavy atom. The fourth-order valence-electron chi connectivity index (χ4n) is 3.55. The summed E-state index contributed by atoms with van der Waals surface area (Å²) >= 11 is 0. The van der Waals surface area contributed by atoms with E-state index in [1.54, 1.807) is 0 Å². The quantitative estimate of drug-likeness (QED) is 0.771. The van der Waals surface area contributed by atoms with Gasteiger partial charge in [-0.25, -0.2) is 0 Å². The topological polar surface area (TPSA) is 59.2 Å². The highest BCUT2D eigenvalue weighted by molar-refractivity contribution is 5.76. The minimum Gasteiger partial charge on any atom is -0.342 e. The standard InChI is InChI=1S/C20H27N3O2/c1-3-7-18-21-19(25-22-18)10-6-11-20(24)23-13-12-16(14-23)17-9-5-4-8-15(17)2/h4-5,8-9,16H,3,6-7,10-14H2,1-2H3. The molecule has 1 aromatic heterocycles. The van der Waals surface area contributed by atoms with E-state index in [4.69, 9.17) is 4.52 Å². The maximum atomic E-state index is 12.5. The van der Waals surface area contributed by atoms with Gasteiger partial charge < -0.3 is 9.42 Å². The van der Waals surface area contributed by atoms with E-state index >= 15 is 0 Å². The average molecular weight is 341 g/mol. The van der Waals surface area contributed by atoms with Gasteiger partial charge in [0.25, 0.3) is 0 Å². The first kappa shape index (κ1) is 17.6. The Bertz CT molecular complexity index is 710. The molecule has 0 radical (unpaired) electrons. The molecule has 0 N–H and O–H groups in total. The highest BCUT2D eigenvalue weighted by atomic mass is 16.5. The number of benzene rings is 1. The Morgan fingerprint density at radius 1 is 1.32 bits per heavy atom. The van der Waals surface area contributed by atoms with Crippen molar-refractivity contribution in [1.29, 1.82) is 0 Å². The van der Waals surface area contributed by atoms with Crippen molar-refractivity contribution < 1.29 is 9.32 Å². The number of likely N-dealkylation sites (tertiary alicyclic amines) is 1. The lowest BCUT2D eigenvalue weighted by atomic mass is 9.94. The van der Waals surface area contributed by atoms with Gasteiger partial charge in [0.15, 0.2) is 5.82 Å². The molecular weight excluding hydrogens is 314 g/mol. The summed E-state index contributed by atoms with van der Waals surface area (Å²) in [6, 6.07) is 8.50. The third-order valence-corrected chi connectivity index (χ3v) is 4.93. The maximum Gasteiger partial charge on any atom is 0.226 e. The monoisotopic (exact) mass is 341 g/mol. The number of amides is 1. The summed E-state index contributed by atoms with van der Waals surface area (Å²) in [5.74, 6) is 2.13. The number of carbonyl (C=O) groups excluding carboxylic acids is 1. The molecule has 1 saturated heterocycles. The fraction of sp³-hybridized carbons (Fsp3) is 0.550. The Balaban J connectivity index is 1.45. The van der Waals surface area contributed by atoms with Crippen LogP contribution in [0.25, 0.3) is 0 Å². The molecule has 0 bridgehead atoms. The Labute approximate surface area is 149 Å². The smallest absolute Gasteiger partial charge is 0.226 e. The van der Waals surface area contributed by atoms with Crippen molar-refractivity contribution in [2.45, 2.75) is 58.3 Å². The molecule has 134 valence electrons. The summed E-state index contributed by atoms with van der Waals surface area (Å²) in [5, 5.41) is 3.95. The average Bonchev–Trinajstić information content (AvgIpc) is 3.25. The summed E-state index contributed by atoms with van der Waals surface area (Å²) in [5.41, 5.74) is 2.70. The van der Waals surface area contributed by atoms with E-state index in [-0.39, 0.29) is 5.91 Å². The van der Waals surface area contributed by atoms with E-state index < -0.39 is 0 Å². The van der Waals surface area contributed by atoms with Crippen molar-refractivity contribution in [2.24, 2.45) is 0 Å². The number of aryl methyl sites for hydroxylation is 3. The summed E-state index contributed by atoms with van der Waals surface area (Å²) < 4.78 is 5.23. The van der Waals surface area contributed by atoms with Crippen LogP contribution in [0.3, 0.4) is 0 Å². The molecule has 1 atom stereocenters. The third-order valence-electron chi connectivity index (χ3n) is 4.93. The molecule has 1 fully saturated rings. The minimum absolute atomic E-state index is 0.240. The van der Waals surface area contributed by atoms with Gasteiger partial charge in [-0.2, -0.15) is 4.98 Å². The Kier molecular flexibility index (Phi) is 5.84. The molecule has 5 nitrogen and oxygen atoms in total. The molecular formula is C20H27N3O2. The highest BCUT2D eigenvalue weighted by Gasteiger charge is 2.27. The van der Waals surface area contributed by atoms with Crippen LogP contribution in [-0.2, 0) is 17.6 Å². The van der Waals surface area contributed by atoms with Gasteiger partial charge >= 0.3 is 0 Å². The van der Waals surface area contributed by atoms with E-state index in [1.807, 2.05) is 4.90 Å². The first-order valence-electron chi connectivity index (χ1n) is 9.32. The molecule has 5 heteroatoms. The second kappa shape index (κ2) is 8.28. The van der Waals surface area contributed by atoms with Gasteiger partial charge in [-0.3, -0.25) is 4.79 Å². The zero-order chi connectivity index (χ0) is 17.6. The van der Waals surface area contributed by atoms with Crippen LogP contribution < -0.4 is 0 Å². The van der Waals surface area contributed by atoms with Crippen LogP contribution in [0, 0.1) is 6.92 Å². The maximum absolute atomic E-state index is 12.5. The highest BCUT2D eigenvalue weighted by Crippen LogP contribution is 2.29. The van der Waals surface area contributed by atoms with Gasteiger partial charge in [0, 0.05) is 38.3 Å². The van der Waals surface area contributed by atoms with Crippen molar-refractivity contribution in [3.05, 3.63) is 47.1 Å². The zero-order valence-electron chi connectivity index (χ0n) is 15.2. The van der Waals surface area contributed by atoms with E-state index in [0.717, 1.165) is 44.6 Å². The van der Waals surface area contributed by atoms with Gasteiger partial charge in [0.2, 0.25) is 11.8 Å². The lowest BCUT2D eigenvalue weighted by Gasteiger charge is -2.17. The first-order chi connectivity index (χ1) is 12.2. The Hall–Kier alpha value is -2.17. The van der Waals surface area contributed by atoms with Gasteiger partial charge in [0.1, 0.15) is 0 Å². The molecule has 0 spiro atoms. The predicted octanol–water partition coefficient (Wildman–Crippen LogP) is 3.67. The predicted molar refractivity (Wildman–Crippen MR) is 96.3 cm³/mol. The van der Waals surface area contributed by atoms with E-state index in [0.29, 0.717) is 24.7 Å². The van der Waals surface area contributed by atoms with Gasteiger partial charge in [-0.05, 0) is 37.3 Å². The van der Waals surface area contributed by atoms with Crippen LogP contribution in [-0.4, -0.2) is 34.0 Å². The molecule has 1 aliphatic heterocycles. The molecule has 1 aromatic carbocycles. The second-order valence-corrected chi connectivity index (χ2v) is 6.89. The fourth-order valence-corrected chi connectivity index (χ4v) is 3.55. The van der Waals surface area contributed by atoms with Crippen LogP contribution in [0.15, 0.2) is 28.8 Å². The minimum atomic E-state index is 0.240.